The number of hydrogen-bond acceptors (Lipinski definition) is 3. The van der Waals surface area contributed by atoms with Crippen LogP contribution in [0.5, 0.6) is 0 Å². The van der Waals surface area contributed by atoms with Gasteiger partial charge in [-0.05, 0) is 18.1 Å². The summed E-state index contributed by atoms with van der Waals surface area (Å²) in [6, 6.07) is 7.44. The molecule has 0 aliphatic carbocycles. The van der Waals surface area contributed by atoms with Gasteiger partial charge >= 0.3 is 5.97 Å². The van der Waals surface area contributed by atoms with Crippen LogP contribution < -0.4 is 4.90 Å². The van der Waals surface area contributed by atoms with Crippen LogP contribution in [0.4, 0.5) is 5.69 Å². The average Bonchev–Trinajstić information content (AvgIpc) is 2.41. The molecule has 0 atom stereocenters. The normalized spacial score (nSPS) is 13.8. The third kappa shape index (κ3) is 2.96. The van der Waals surface area contributed by atoms with E-state index in [9.17, 15) is 14.4 Å². The van der Waals surface area contributed by atoms with Gasteiger partial charge in [-0.3, -0.25) is 14.4 Å². The van der Waals surface area contributed by atoms with Crippen LogP contribution in [0.25, 0.3) is 0 Å². The molecule has 0 saturated heterocycles. The van der Waals surface area contributed by atoms with Gasteiger partial charge in [-0.15, -0.1) is 0 Å². The lowest BCUT2D eigenvalue weighted by atomic mass is 10.0. The van der Waals surface area contributed by atoms with E-state index in [2.05, 4.69) is 0 Å². The molecule has 2 amide bonds. The summed E-state index contributed by atoms with van der Waals surface area (Å²) in [5, 5.41) is 8.67. The number of benzene rings is 1. The van der Waals surface area contributed by atoms with Crippen LogP contribution in [0.2, 0.25) is 0 Å². The highest BCUT2D eigenvalue weighted by Gasteiger charge is 2.26. The van der Waals surface area contributed by atoms with E-state index in [0.29, 0.717) is 12.8 Å². The molecule has 0 fully saturated rings. The number of para-hydroxylation sites is 1. The van der Waals surface area contributed by atoms with Crippen molar-refractivity contribution >= 4 is 23.5 Å². The predicted octanol–water partition coefficient (Wildman–Crippen LogP) is 0.509. The lowest BCUT2D eigenvalue weighted by molar-refractivity contribution is -0.143. The van der Waals surface area contributed by atoms with Crippen LogP contribution in [-0.4, -0.2) is 47.9 Å². The number of fused-ring (bicyclic) bond motifs is 1. The van der Waals surface area contributed by atoms with Gasteiger partial charge < -0.3 is 14.9 Å². The van der Waals surface area contributed by atoms with Crippen LogP contribution in [0.15, 0.2) is 24.3 Å². The Hall–Kier alpha value is -2.37. The van der Waals surface area contributed by atoms with E-state index < -0.39 is 11.9 Å². The van der Waals surface area contributed by atoms with Gasteiger partial charge in [0.05, 0.1) is 0 Å². The van der Waals surface area contributed by atoms with E-state index in [1.54, 1.807) is 6.07 Å². The minimum atomic E-state index is -1.08. The van der Waals surface area contributed by atoms with Gasteiger partial charge in [0.25, 0.3) is 0 Å². The number of carboxylic acids is 1. The standard InChI is InChI=1S/C14H16N2O4/c1-15(9-14(19)20)13(18)8-16-11-5-3-2-4-10(11)6-7-12(16)17/h2-5H,6-9H2,1H3,(H,19,20). The quantitative estimate of drug-likeness (QED) is 0.869. The molecule has 1 N–H and O–H groups in total. The summed E-state index contributed by atoms with van der Waals surface area (Å²) in [5.41, 5.74) is 1.77. The van der Waals surface area contributed by atoms with Crippen molar-refractivity contribution in [2.24, 2.45) is 0 Å². The van der Waals surface area contributed by atoms with Gasteiger partial charge in [0.1, 0.15) is 13.1 Å². The Kier molecular flexibility index (Phi) is 4.02. The van der Waals surface area contributed by atoms with Gasteiger partial charge in [-0.2, -0.15) is 0 Å². The number of carboxylic acid groups (broad SMARTS) is 1. The molecule has 0 radical (unpaired) electrons. The van der Waals surface area contributed by atoms with Crippen molar-refractivity contribution in [2.45, 2.75) is 12.8 Å². The maximum absolute atomic E-state index is 12.0. The highest BCUT2D eigenvalue weighted by Crippen LogP contribution is 2.27. The molecule has 20 heavy (non-hydrogen) atoms. The summed E-state index contributed by atoms with van der Waals surface area (Å²) in [6.07, 6.45) is 1.04. The average molecular weight is 276 g/mol. The molecule has 6 heteroatoms. The van der Waals surface area contributed by atoms with Crippen molar-refractivity contribution < 1.29 is 19.5 Å². The fraction of sp³-hybridized carbons (Fsp3) is 0.357. The summed E-state index contributed by atoms with van der Waals surface area (Å²) >= 11 is 0. The van der Waals surface area contributed by atoms with Gasteiger partial charge in [0, 0.05) is 19.2 Å². The number of aliphatic carboxylic acids is 1. The molecule has 0 saturated carbocycles. The molecule has 2 rings (SSSR count). The molecule has 0 aromatic heterocycles. The molecule has 6 nitrogen and oxygen atoms in total. The summed E-state index contributed by atoms with van der Waals surface area (Å²) < 4.78 is 0. The summed E-state index contributed by atoms with van der Waals surface area (Å²) in [5.74, 6) is -1.58. The monoisotopic (exact) mass is 276 g/mol. The minimum Gasteiger partial charge on any atom is -0.480 e. The molecule has 106 valence electrons. The first kappa shape index (κ1) is 14.0. The van der Waals surface area contributed by atoms with Crippen molar-refractivity contribution in [1.29, 1.82) is 0 Å². The van der Waals surface area contributed by atoms with E-state index in [-0.39, 0.29) is 19.0 Å². The number of rotatable bonds is 4. The molecule has 0 unspecified atom stereocenters. The van der Waals surface area contributed by atoms with Crippen LogP contribution in [0.1, 0.15) is 12.0 Å². The Morgan fingerprint density at radius 3 is 2.70 bits per heavy atom. The van der Waals surface area contributed by atoms with Crippen molar-refractivity contribution in [2.75, 3.05) is 25.0 Å². The Bertz CT molecular complexity index is 556. The summed E-state index contributed by atoms with van der Waals surface area (Å²) in [4.78, 5) is 37.1. The molecule has 1 aromatic rings. The van der Waals surface area contributed by atoms with E-state index in [4.69, 9.17) is 5.11 Å². The van der Waals surface area contributed by atoms with Crippen molar-refractivity contribution in [1.82, 2.24) is 4.90 Å². The van der Waals surface area contributed by atoms with Crippen molar-refractivity contribution in [3.05, 3.63) is 29.8 Å². The van der Waals surface area contributed by atoms with Crippen LogP contribution in [0.3, 0.4) is 0 Å². The fourth-order valence-corrected chi connectivity index (χ4v) is 2.22. The van der Waals surface area contributed by atoms with E-state index in [1.807, 2.05) is 18.2 Å². The molecular weight excluding hydrogens is 260 g/mol. The second kappa shape index (κ2) is 5.73. The Morgan fingerprint density at radius 2 is 2.00 bits per heavy atom. The van der Waals surface area contributed by atoms with Crippen molar-refractivity contribution in [3.8, 4) is 0 Å². The second-order valence-corrected chi connectivity index (χ2v) is 4.75. The highest BCUT2D eigenvalue weighted by atomic mass is 16.4. The van der Waals surface area contributed by atoms with E-state index in [0.717, 1.165) is 16.2 Å². The zero-order chi connectivity index (χ0) is 14.7. The molecule has 1 aliphatic heterocycles. The van der Waals surface area contributed by atoms with Crippen LogP contribution in [-0.2, 0) is 20.8 Å². The zero-order valence-electron chi connectivity index (χ0n) is 11.2. The Morgan fingerprint density at radius 1 is 1.30 bits per heavy atom. The Labute approximate surface area is 116 Å². The smallest absolute Gasteiger partial charge is 0.323 e. The SMILES string of the molecule is CN(CC(=O)O)C(=O)CN1C(=O)CCc2ccccc21. The first-order valence-electron chi connectivity index (χ1n) is 6.33. The van der Waals surface area contributed by atoms with E-state index in [1.165, 1.54) is 11.9 Å². The third-order valence-corrected chi connectivity index (χ3v) is 3.28. The predicted molar refractivity (Wildman–Crippen MR) is 72.4 cm³/mol. The first-order chi connectivity index (χ1) is 9.49. The molecule has 1 aliphatic rings. The van der Waals surface area contributed by atoms with Gasteiger partial charge in [0.2, 0.25) is 11.8 Å². The minimum absolute atomic E-state index is 0.110. The largest absolute Gasteiger partial charge is 0.480 e. The molecule has 0 bridgehead atoms. The summed E-state index contributed by atoms with van der Waals surface area (Å²) in [7, 11) is 1.41. The van der Waals surface area contributed by atoms with Crippen molar-refractivity contribution in [3.63, 3.8) is 0 Å². The lowest BCUT2D eigenvalue weighted by Gasteiger charge is -2.30. The molecule has 0 spiro atoms. The number of carbonyl (C=O) groups is 3. The zero-order valence-corrected chi connectivity index (χ0v) is 11.2. The molecule has 1 heterocycles. The highest BCUT2D eigenvalue weighted by molar-refractivity contribution is 6.01. The van der Waals surface area contributed by atoms with Gasteiger partial charge in [-0.25, -0.2) is 0 Å². The fourth-order valence-electron chi connectivity index (χ4n) is 2.22. The number of carbonyl (C=O) groups excluding carboxylic acids is 2. The van der Waals surface area contributed by atoms with Gasteiger partial charge in [-0.1, -0.05) is 18.2 Å². The number of likely N-dealkylation sites (N-methyl/N-ethyl adjacent to an activating group) is 1. The maximum atomic E-state index is 12.0. The maximum Gasteiger partial charge on any atom is 0.323 e. The lowest BCUT2D eigenvalue weighted by Crippen LogP contribution is -2.44. The number of anilines is 1. The molecule has 1 aromatic carbocycles. The Balaban J connectivity index is 2.14. The summed E-state index contributed by atoms with van der Waals surface area (Å²) in [6.45, 7) is -0.498. The second-order valence-electron chi connectivity index (χ2n) is 4.75. The number of hydrogen-bond donors (Lipinski definition) is 1. The number of nitrogens with zero attached hydrogens (tertiary/aromatic N) is 2. The number of amides is 2. The number of aryl methyl sites for hydroxylation is 1. The van der Waals surface area contributed by atoms with Gasteiger partial charge in [0.15, 0.2) is 0 Å². The third-order valence-electron chi connectivity index (χ3n) is 3.28. The molecular formula is C14H16N2O4. The van der Waals surface area contributed by atoms with Crippen LogP contribution in [0, 0.1) is 0 Å². The van der Waals surface area contributed by atoms with Crippen LogP contribution >= 0.6 is 0 Å². The topological polar surface area (TPSA) is 77.9 Å². The first-order valence-corrected chi connectivity index (χ1v) is 6.33. The van der Waals surface area contributed by atoms with E-state index >= 15 is 0 Å².